The molecule has 1 heterocycles. The lowest BCUT2D eigenvalue weighted by molar-refractivity contribution is -0.385. The normalized spacial score (nSPS) is 14.2. The molecule has 1 aliphatic heterocycles. The third kappa shape index (κ3) is 2.50. The second-order valence-electron chi connectivity index (χ2n) is 4.78. The van der Waals surface area contributed by atoms with Gasteiger partial charge in [-0.15, -0.1) is 10.2 Å². The molecule has 24 heavy (non-hydrogen) atoms. The van der Waals surface area contributed by atoms with Gasteiger partial charge in [0, 0.05) is 6.07 Å². The molecule has 0 spiro atoms. The second kappa shape index (κ2) is 5.78. The van der Waals surface area contributed by atoms with Crippen LogP contribution in [0.3, 0.4) is 0 Å². The minimum atomic E-state index is -4.14. The average molecular weight is 343 g/mol. The molecule has 0 unspecified atom stereocenters. The van der Waals surface area contributed by atoms with E-state index in [1.165, 1.54) is 48.5 Å². The number of para-hydroxylation sites is 1. The summed E-state index contributed by atoms with van der Waals surface area (Å²) in [6.07, 6.45) is 0. The maximum Gasteiger partial charge on any atom is 0.299 e. The van der Waals surface area contributed by atoms with Crippen molar-refractivity contribution >= 4 is 27.0 Å². The van der Waals surface area contributed by atoms with Gasteiger partial charge in [-0.1, -0.05) is 30.3 Å². The maximum atomic E-state index is 12.7. The minimum Gasteiger partial charge on any atom is -0.265 e. The Labute approximate surface area is 136 Å². The van der Waals surface area contributed by atoms with Crippen LogP contribution in [-0.2, 0) is 14.6 Å². The number of carbonyl (C=O) groups excluding carboxylic acids is 1. The highest BCUT2D eigenvalue weighted by Crippen LogP contribution is 2.37. The Morgan fingerprint density at radius 2 is 1.54 bits per heavy atom. The second-order valence-corrected chi connectivity index (χ2v) is 6.64. The zero-order chi connectivity index (χ0) is 17.3. The highest BCUT2D eigenvalue weighted by molar-refractivity contribution is 7.95. The number of hydrogen-bond acceptors (Lipinski definition) is 6. The fourth-order valence-corrected chi connectivity index (χ4v) is 3.61. The van der Waals surface area contributed by atoms with Crippen LogP contribution >= 0.6 is 0 Å². The van der Waals surface area contributed by atoms with Crippen LogP contribution in [0.4, 0.5) is 5.69 Å². The van der Waals surface area contributed by atoms with Gasteiger partial charge >= 0.3 is 0 Å². The molecule has 8 nitrogen and oxygen atoms in total. The van der Waals surface area contributed by atoms with E-state index in [4.69, 9.17) is 0 Å². The SMILES string of the molecule is O=C1N=NC(S(=O)(=O)c2ccccc2)=C1c1ccccc1[N+](=O)[O-]. The third-order valence-electron chi connectivity index (χ3n) is 3.34. The summed E-state index contributed by atoms with van der Waals surface area (Å²) in [4.78, 5) is 22.4. The number of azo groups is 1. The van der Waals surface area contributed by atoms with Crippen molar-refractivity contribution in [3.05, 3.63) is 75.3 Å². The number of benzene rings is 2. The first-order valence-corrected chi connectivity index (χ1v) is 8.15. The molecular formula is C15H9N3O5S. The molecule has 0 saturated heterocycles. The molecule has 0 saturated carbocycles. The summed E-state index contributed by atoms with van der Waals surface area (Å²) >= 11 is 0. The van der Waals surface area contributed by atoms with Crippen LogP contribution in [0.2, 0.25) is 0 Å². The van der Waals surface area contributed by atoms with Crippen LogP contribution in [0.1, 0.15) is 5.56 Å². The van der Waals surface area contributed by atoms with E-state index in [0.717, 1.165) is 0 Å². The highest BCUT2D eigenvalue weighted by atomic mass is 32.2. The lowest BCUT2D eigenvalue weighted by atomic mass is 10.0. The van der Waals surface area contributed by atoms with Crippen LogP contribution in [0.15, 0.2) is 74.8 Å². The van der Waals surface area contributed by atoms with Gasteiger partial charge in [0.05, 0.1) is 21.0 Å². The van der Waals surface area contributed by atoms with Gasteiger partial charge < -0.3 is 0 Å². The Bertz CT molecular complexity index is 1010. The van der Waals surface area contributed by atoms with E-state index in [-0.39, 0.29) is 10.5 Å². The van der Waals surface area contributed by atoms with E-state index in [9.17, 15) is 23.3 Å². The number of amides is 1. The van der Waals surface area contributed by atoms with Crippen molar-refractivity contribution in [2.45, 2.75) is 4.90 Å². The summed E-state index contributed by atoms with van der Waals surface area (Å²) in [6, 6.07) is 12.7. The van der Waals surface area contributed by atoms with Crippen molar-refractivity contribution in [2.24, 2.45) is 10.2 Å². The van der Waals surface area contributed by atoms with Gasteiger partial charge in [-0.25, -0.2) is 8.42 Å². The van der Waals surface area contributed by atoms with Crippen molar-refractivity contribution in [1.29, 1.82) is 0 Å². The Morgan fingerprint density at radius 3 is 2.21 bits per heavy atom. The fourth-order valence-electron chi connectivity index (χ4n) is 2.26. The predicted molar refractivity (Wildman–Crippen MR) is 83.5 cm³/mol. The monoisotopic (exact) mass is 343 g/mol. The number of rotatable bonds is 4. The average Bonchev–Trinajstić information content (AvgIpc) is 2.98. The van der Waals surface area contributed by atoms with E-state index in [1.807, 2.05) is 0 Å². The number of sulfone groups is 1. The summed E-state index contributed by atoms with van der Waals surface area (Å²) in [5, 5.41) is 17.3. The van der Waals surface area contributed by atoms with Crippen molar-refractivity contribution < 1.29 is 18.1 Å². The van der Waals surface area contributed by atoms with Crippen LogP contribution in [0.25, 0.3) is 5.57 Å². The molecule has 0 aromatic heterocycles. The van der Waals surface area contributed by atoms with E-state index < -0.39 is 37.0 Å². The third-order valence-corrected chi connectivity index (χ3v) is 5.03. The van der Waals surface area contributed by atoms with Crippen molar-refractivity contribution in [2.75, 3.05) is 0 Å². The van der Waals surface area contributed by atoms with Crippen molar-refractivity contribution in [1.82, 2.24) is 0 Å². The van der Waals surface area contributed by atoms with Crippen LogP contribution in [0.5, 0.6) is 0 Å². The van der Waals surface area contributed by atoms with E-state index in [2.05, 4.69) is 10.2 Å². The number of hydrogen-bond donors (Lipinski definition) is 0. The minimum absolute atomic E-state index is 0.0789. The first kappa shape index (κ1) is 15.7. The molecule has 1 aliphatic rings. The highest BCUT2D eigenvalue weighted by Gasteiger charge is 2.36. The molecule has 0 N–H and O–H groups in total. The van der Waals surface area contributed by atoms with Gasteiger partial charge in [0.15, 0.2) is 5.03 Å². The molecule has 120 valence electrons. The summed E-state index contributed by atoms with van der Waals surface area (Å²) < 4.78 is 25.4. The molecule has 0 bridgehead atoms. The number of carbonyl (C=O) groups is 1. The molecule has 0 fully saturated rings. The summed E-state index contributed by atoms with van der Waals surface area (Å²) in [6.45, 7) is 0. The molecule has 2 aromatic carbocycles. The molecule has 3 rings (SSSR count). The summed E-state index contributed by atoms with van der Waals surface area (Å²) in [5.41, 5.74) is -0.924. The summed E-state index contributed by atoms with van der Waals surface area (Å²) in [5.74, 6) is -0.932. The zero-order valence-corrected chi connectivity index (χ0v) is 12.8. The van der Waals surface area contributed by atoms with Gasteiger partial charge in [0.25, 0.3) is 11.6 Å². The molecule has 1 amide bonds. The molecule has 9 heteroatoms. The topological polar surface area (TPSA) is 119 Å². The molecular weight excluding hydrogens is 334 g/mol. The Kier molecular flexibility index (Phi) is 3.78. The van der Waals surface area contributed by atoms with Crippen LogP contribution in [0, 0.1) is 10.1 Å². The number of nitrogens with zero attached hydrogens (tertiary/aromatic N) is 3. The largest absolute Gasteiger partial charge is 0.299 e. The molecule has 2 aromatic rings. The number of nitro benzene ring substituents is 1. The van der Waals surface area contributed by atoms with Gasteiger partial charge in [-0.05, 0) is 18.2 Å². The Balaban J connectivity index is 2.28. The van der Waals surface area contributed by atoms with E-state index >= 15 is 0 Å². The van der Waals surface area contributed by atoms with Gasteiger partial charge in [0.1, 0.15) is 0 Å². The molecule has 0 radical (unpaired) electrons. The lowest BCUT2D eigenvalue weighted by Gasteiger charge is -2.06. The quantitative estimate of drug-likeness (QED) is 0.624. The Morgan fingerprint density at radius 1 is 0.917 bits per heavy atom. The zero-order valence-electron chi connectivity index (χ0n) is 12.0. The molecule has 0 atom stereocenters. The van der Waals surface area contributed by atoms with Crippen LogP contribution in [-0.4, -0.2) is 19.2 Å². The van der Waals surface area contributed by atoms with Gasteiger partial charge in [-0.2, -0.15) is 0 Å². The van der Waals surface area contributed by atoms with Crippen LogP contribution < -0.4 is 0 Å². The number of nitro groups is 1. The fraction of sp³-hybridized carbons (Fsp3) is 0. The molecule has 0 aliphatic carbocycles. The first-order valence-electron chi connectivity index (χ1n) is 6.67. The smallest absolute Gasteiger partial charge is 0.265 e. The Hall–Kier alpha value is -3.20. The predicted octanol–water partition coefficient (Wildman–Crippen LogP) is 2.73. The van der Waals surface area contributed by atoms with Gasteiger partial charge in [0.2, 0.25) is 9.84 Å². The first-order chi connectivity index (χ1) is 11.4. The standard InChI is InChI=1S/C15H9N3O5S/c19-14-13(11-8-4-5-9-12(11)18(20)21)15(17-16-14)24(22,23)10-6-2-1-3-7-10/h1-9H. The van der Waals surface area contributed by atoms with Crippen molar-refractivity contribution in [3.63, 3.8) is 0 Å². The van der Waals surface area contributed by atoms with Gasteiger partial charge in [-0.3, -0.25) is 14.9 Å². The lowest BCUT2D eigenvalue weighted by Crippen LogP contribution is -2.07. The summed E-state index contributed by atoms with van der Waals surface area (Å²) in [7, 11) is -4.14. The van der Waals surface area contributed by atoms with Crippen molar-refractivity contribution in [3.8, 4) is 0 Å². The van der Waals surface area contributed by atoms with E-state index in [0.29, 0.717) is 0 Å². The maximum absolute atomic E-state index is 12.7. The van der Waals surface area contributed by atoms with E-state index in [1.54, 1.807) is 6.07 Å².